The molecule has 0 atom stereocenters. The van der Waals surface area contributed by atoms with Crippen LogP contribution in [-0.4, -0.2) is 18.7 Å². The number of hydrogen-bond acceptors (Lipinski definition) is 4. The molecule has 0 aliphatic rings. The molecule has 4 heteroatoms. The van der Waals surface area contributed by atoms with Crippen LogP contribution in [0.1, 0.15) is 16.7 Å². The lowest BCUT2D eigenvalue weighted by Gasteiger charge is -2.13. The molecular weight excluding hydrogens is 324 g/mol. The van der Waals surface area contributed by atoms with Gasteiger partial charge in [0.05, 0.1) is 13.7 Å². The van der Waals surface area contributed by atoms with Crippen molar-refractivity contribution in [2.45, 2.75) is 19.5 Å². The second-order valence-corrected chi connectivity index (χ2v) is 6.03. The molecule has 0 radical (unpaired) electrons. The first-order chi connectivity index (χ1) is 12.8. The Balaban J connectivity index is 1.51. The van der Waals surface area contributed by atoms with Crippen LogP contribution in [0, 0.1) is 0 Å². The zero-order valence-electron chi connectivity index (χ0n) is 15.0. The molecule has 3 rings (SSSR count). The minimum atomic E-state index is 0.624. The van der Waals surface area contributed by atoms with Crippen molar-refractivity contribution in [2.24, 2.45) is 0 Å². The van der Waals surface area contributed by atoms with E-state index in [0.29, 0.717) is 6.61 Å². The Morgan fingerprint density at radius 3 is 2.42 bits per heavy atom. The molecule has 0 saturated heterocycles. The van der Waals surface area contributed by atoms with Gasteiger partial charge in [-0.2, -0.15) is 0 Å². The van der Waals surface area contributed by atoms with E-state index in [1.54, 1.807) is 13.3 Å². The van der Waals surface area contributed by atoms with Gasteiger partial charge in [0, 0.05) is 31.9 Å². The van der Waals surface area contributed by atoms with E-state index >= 15 is 0 Å². The van der Waals surface area contributed by atoms with E-state index in [9.17, 15) is 0 Å². The van der Waals surface area contributed by atoms with Gasteiger partial charge in [-0.1, -0.05) is 42.5 Å². The van der Waals surface area contributed by atoms with Crippen molar-refractivity contribution in [3.05, 3.63) is 89.7 Å². The lowest BCUT2D eigenvalue weighted by atomic mass is 10.1. The van der Waals surface area contributed by atoms with Crippen LogP contribution < -0.4 is 14.8 Å². The maximum absolute atomic E-state index is 5.91. The fraction of sp³-hybridized carbons (Fsp3) is 0.227. The summed E-state index contributed by atoms with van der Waals surface area (Å²) < 4.78 is 11.4. The molecule has 134 valence electrons. The molecule has 0 saturated carbocycles. The molecular formula is C22H24N2O2. The standard InChI is InChI=1S/C22H24N2O2/c1-25-22-14-19(15-24-17-20-8-5-12-23-16-20)9-10-21(22)26-13-11-18-6-3-2-4-7-18/h2-10,12,14,16,24H,11,13,15,17H2,1H3. The van der Waals surface area contributed by atoms with E-state index in [2.05, 4.69) is 34.6 Å². The lowest BCUT2D eigenvalue weighted by Crippen LogP contribution is -2.13. The minimum Gasteiger partial charge on any atom is -0.493 e. The largest absolute Gasteiger partial charge is 0.493 e. The van der Waals surface area contributed by atoms with Crippen molar-refractivity contribution in [2.75, 3.05) is 13.7 Å². The monoisotopic (exact) mass is 348 g/mol. The first-order valence-corrected chi connectivity index (χ1v) is 8.78. The van der Waals surface area contributed by atoms with Crippen LogP contribution in [0.2, 0.25) is 0 Å². The predicted octanol–water partition coefficient (Wildman–Crippen LogP) is 4.00. The van der Waals surface area contributed by atoms with Gasteiger partial charge in [0.25, 0.3) is 0 Å². The number of benzene rings is 2. The molecule has 0 aliphatic carbocycles. The smallest absolute Gasteiger partial charge is 0.161 e. The van der Waals surface area contributed by atoms with Crippen molar-refractivity contribution in [1.29, 1.82) is 0 Å². The average Bonchev–Trinajstić information content (AvgIpc) is 2.70. The molecule has 1 aromatic heterocycles. The SMILES string of the molecule is COc1cc(CNCc2cccnc2)ccc1OCCc1ccccc1. The Kier molecular flexibility index (Phi) is 6.62. The zero-order valence-corrected chi connectivity index (χ0v) is 15.0. The first-order valence-electron chi connectivity index (χ1n) is 8.78. The molecule has 0 spiro atoms. The van der Waals surface area contributed by atoms with Crippen molar-refractivity contribution >= 4 is 0 Å². The number of ether oxygens (including phenoxy) is 2. The van der Waals surface area contributed by atoms with Crippen LogP contribution in [0.15, 0.2) is 73.1 Å². The van der Waals surface area contributed by atoms with E-state index < -0.39 is 0 Å². The Morgan fingerprint density at radius 2 is 1.65 bits per heavy atom. The molecule has 4 nitrogen and oxygen atoms in total. The summed E-state index contributed by atoms with van der Waals surface area (Å²) in [5, 5.41) is 3.42. The van der Waals surface area contributed by atoms with Gasteiger partial charge in [-0.3, -0.25) is 4.98 Å². The van der Waals surface area contributed by atoms with Gasteiger partial charge in [0.1, 0.15) is 0 Å². The van der Waals surface area contributed by atoms with Gasteiger partial charge in [0.2, 0.25) is 0 Å². The Hall–Kier alpha value is -2.85. The van der Waals surface area contributed by atoms with Crippen molar-refractivity contribution in [3.63, 3.8) is 0 Å². The number of nitrogens with one attached hydrogen (secondary N) is 1. The maximum atomic E-state index is 5.91. The van der Waals surface area contributed by atoms with Crippen LogP contribution in [0.4, 0.5) is 0 Å². The normalized spacial score (nSPS) is 10.5. The third-order valence-corrected chi connectivity index (χ3v) is 4.10. The quantitative estimate of drug-likeness (QED) is 0.635. The number of rotatable bonds is 9. The van der Waals surface area contributed by atoms with Crippen molar-refractivity contribution in [1.82, 2.24) is 10.3 Å². The van der Waals surface area contributed by atoms with Gasteiger partial charge in [-0.05, 0) is 34.9 Å². The number of hydrogen-bond donors (Lipinski definition) is 1. The predicted molar refractivity (Wildman–Crippen MR) is 103 cm³/mol. The van der Waals surface area contributed by atoms with E-state index in [-0.39, 0.29) is 0 Å². The van der Waals surface area contributed by atoms with Crippen LogP contribution in [0.25, 0.3) is 0 Å². The van der Waals surface area contributed by atoms with Gasteiger partial charge in [0.15, 0.2) is 11.5 Å². The number of pyridine rings is 1. The number of nitrogens with zero attached hydrogens (tertiary/aromatic N) is 1. The van der Waals surface area contributed by atoms with Crippen molar-refractivity contribution < 1.29 is 9.47 Å². The third kappa shape index (κ3) is 5.33. The summed E-state index contributed by atoms with van der Waals surface area (Å²) in [5.74, 6) is 1.54. The highest BCUT2D eigenvalue weighted by Gasteiger charge is 2.06. The zero-order chi connectivity index (χ0) is 18.0. The number of aromatic nitrogens is 1. The second-order valence-electron chi connectivity index (χ2n) is 6.03. The first kappa shape index (κ1) is 18.0. The Morgan fingerprint density at radius 1 is 0.846 bits per heavy atom. The van der Waals surface area contributed by atoms with E-state index in [0.717, 1.165) is 36.6 Å². The van der Waals surface area contributed by atoms with Crippen LogP contribution in [0.5, 0.6) is 11.5 Å². The summed E-state index contributed by atoms with van der Waals surface area (Å²) in [6.45, 7) is 2.17. The molecule has 0 aliphatic heterocycles. The van der Waals surface area contributed by atoms with Crippen molar-refractivity contribution in [3.8, 4) is 11.5 Å². The summed E-state index contributed by atoms with van der Waals surface area (Å²) in [6, 6.07) is 20.4. The van der Waals surface area contributed by atoms with Gasteiger partial charge >= 0.3 is 0 Å². The molecule has 0 fully saturated rings. The maximum Gasteiger partial charge on any atom is 0.161 e. The highest BCUT2D eigenvalue weighted by molar-refractivity contribution is 5.43. The van der Waals surface area contributed by atoms with Crippen LogP contribution in [0.3, 0.4) is 0 Å². The Bertz CT molecular complexity index is 792. The molecule has 26 heavy (non-hydrogen) atoms. The molecule has 2 aromatic carbocycles. The molecule has 0 bridgehead atoms. The average molecular weight is 348 g/mol. The van der Waals surface area contributed by atoms with Gasteiger partial charge in [-0.15, -0.1) is 0 Å². The summed E-state index contributed by atoms with van der Waals surface area (Å²) >= 11 is 0. The molecule has 0 amide bonds. The highest BCUT2D eigenvalue weighted by atomic mass is 16.5. The van der Waals surface area contributed by atoms with Crippen LogP contribution in [-0.2, 0) is 19.5 Å². The molecule has 0 unspecified atom stereocenters. The summed E-state index contributed by atoms with van der Waals surface area (Å²) in [7, 11) is 1.67. The summed E-state index contributed by atoms with van der Waals surface area (Å²) in [5.41, 5.74) is 3.59. The topological polar surface area (TPSA) is 43.4 Å². The third-order valence-electron chi connectivity index (χ3n) is 4.10. The second kappa shape index (κ2) is 9.59. The highest BCUT2D eigenvalue weighted by Crippen LogP contribution is 2.28. The van der Waals surface area contributed by atoms with Gasteiger partial charge in [-0.25, -0.2) is 0 Å². The fourth-order valence-electron chi connectivity index (χ4n) is 2.72. The van der Waals surface area contributed by atoms with E-state index in [1.165, 1.54) is 11.1 Å². The minimum absolute atomic E-state index is 0.624. The summed E-state index contributed by atoms with van der Waals surface area (Å²) in [4.78, 5) is 4.12. The Labute approximate surface area is 154 Å². The van der Waals surface area contributed by atoms with Gasteiger partial charge < -0.3 is 14.8 Å². The van der Waals surface area contributed by atoms with E-state index in [4.69, 9.17) is 9.47 Å². The molecule has 3 aromatic rings. The van der Waals surface area contributed by atoms with Crippen LogP contribution >= 0.6 is 0 Å². The number of methoxy groups -OCH3 is 1. The molecule has 1 heterocycles. The fourth-order valence-corrected chi connectivity index (χ4v) is 2.72. The summed E-state index contributed by atoms with van der Waals surface area (Å²) in [6.07, 6.45) is 4.53. The lowest BCUT2D eigenvalue weighted by molar-refractivity contribution is 0.297. The molecule has 1 N–H and O–H groups in total. The van der Waals surface area contributed by atoms with E-state index in [1.807, 2.05) is 42.6 Å².